The molecule has 2 aromatic rings. The SMILES string of the molecule is CNc1nc(NC(C)CS(C)(=O)=O)c2cn[nH]c2n1. The lowest BCUT2D eigenvalue weighted by Gasteiger charge is -2.14. The molecule has 0 bridgehead atoms. The lowest BCUT2D eigenvalue weighted by molar-refractivity contribution is 0.598. The van der Waals surface area contributed by atoms with Crippen LogP contribution >= 0.6 is 0 Å². The van der Waals surface area contributed by atoms with Crippen LogP contribution in [0.4, 0.5) is 11.8 Å². The van der Waals surface area contributed by atoms with Crippen molar-refractivity contribution in [3.63, 3.8) is 0 Å². The molecule has 0 saturated heterocycles. The van der Waals surface area contributed by atoms with Crippen LogP contribution in [-0.4, -0.2) is 53.7 Å². The standard InChI is InChI=1S/C10H16N6O2S/c1-6(5-19(3,17)18)13-8-7-4-12-16-9(7)15-10(11-2)14-8/h4,6H,5H2,1-3H3,(H3,11,12,13,14,15,16). The molecule has 9 heteroatoms. The Hall–Kier alpha value is -1.90. The molecule has 0 fully saturated rings. The Kier molecular flexibility index (Phi) is 3.56. The number of aromatic amines is 1. The van der Waals surface area contributed by atoms with Gasteiger partial charge in [0.1, 0.15) is 15.7 Å². The molecule has 0 aliphatic heterocycles. The van der Waals surface area contributed by atoms with Crippen LogP contribution in [0.2, 0.25) is 0 Å². The Labute approximate surface area is 110 Å². The summed E-state index contributed by atoms with van der Waals surface area (Å²) >= 11 is 0. The first-order chi connectivity index (χ1) is 8.89. The van der Waals surface area contributed by atoms with E-state index in [1.54, 1.807) is 20.2 Å². The molecule has 104 valence electrons. The van der Waals surface area contributed by atoms with Crippen molar-refractivity contribution in [2.45, 2.75) is 13.0 Å². The number of fused-ring (bicyclic) bond motifs is 1. The van der Waals surface area contributed by atoms with Gasteiger partial charge in [0, 0.05) is 19.3 Å². The Balaban J connectivity index is 2.31. The highest BCUT2D eigenvalue weighted by Crippen LogP contribution is 2.20. The zero-order valence-corrected chi connectivity index (χ0v) is 11.7. The third kappa shape index (κ3) is 3.31. The van der Waals surface area contributed by atoms with E-state index in [9.17, 15) is 8.42 Å². The predicted molar refractivity (Wildman–Crippen MR) is 74.0 cm³/mol. The van der Waals surface area contributed by atoms with Crippen LogP contribution in [-0.2, 0) is 9.84 Å². The second kappa shape index (κ2) is 5.00. The summed E-state index contributed by atoms with van der Waals surface area (Å²) in [5.41, 5.74) is 0.591. The van der Waals surface area contributed by atoms with Crippen molar-refractivity contribution < 1.29 is 8.42 Å². The lowest BCUT2D eigenvalue weighted by Crippen LogP contribution is -2.25. The van der Waals surface area contributed by atoms with Crippen LogP contribution in [0.25, 0.3) is 11.0 Å². The minimum Gasteiger partial charge on any atom is -0.366 e. The molecule has 19 heavy (non-hydrogen) atoms. The molecule has 0 radical (unpaired) electrons. The molecule has 0 saturated carbocycles. The van der Waals surface area contributed by atoms with E-state index >= 15 is 0 Å². The lowest BCUT2D eigenvalue weighted by atomic mass is 10.3. The van der Waals surface area contributed by atoms with Crippen molar-refractivity contribution in [1.29, 1.82) is 0 Å². The van der Waals surface area contributed by atoms with Crippen molar-refractivity contribution in [2.24, 2.45) is 0 Å². The largest absolute Gasteiger partial charge is 0.366 e. The normalized spacial score (nSPS) is 13.4. The molecule has 2 heterocycles. The molecule has 0 aliphatic rings. The van der Waals surface area contributed by atoms with E-state index < -0.39 is 9.84 Å². The fraction of sp³-hybridized carbons (Fsp3) is 0.500. The average molecular weight is 284 g/mol. The van der Waals surface area contributed by atoms with Gasteiger partial charge >= 0.3 is 0 Å². The molecule has 0 amide bonds. The third-order valence-electron chi connectivity index (χ3n) is 2.47. The van der Waals surface area contributed by atoms with Crippen molar-refractivity contribution >= 4 is 32.6 Å². The van der Waals surface area contributed by atoms with E-state index in [1.807, 2.05) is 0 Å². The number of H-pyrrole nitrogens is 1. The van der Waals surface area contributed by atoms with E-state index in [0.717, 1.165) is 5.39 Å². The number of rotatable bonds is 5. The number of nitrogens with one attached hydrogen (secondary N) is 3. The summed E-state index contributed by atoms with van der Waals surface area (Å²) in [6.07, 6.45) is 2.81. The van der Waals surface area contributed by atoms with E-state index in [0.29, 0.717) is 17.4 Å². The van der Waals surface area contributed by atoms with Crippen molar-refractivity contribution in [3.05, 3.63) is 6.20 Å². The van der Waals surface area contributed by atoms with Crippen molar-refractivity contribution in [2.75, 3.05) is 29.7 Å². The first-order valence-electron chi connectivity index (χ1n) is 5.72. The van der Waals surface area contributed by atoms with Gasteiger partial charge in [-0.25, -0.2) is 8.42 Å². The first-order valence-corrected chi connectivity index (χ1v) is 7.78. The van der Waals surface area contributed by atoms with Crippen molar-refractivity contribution in [1.82, 2.24) is 20.2 Å². The number of hydrogen-bond donors (Lipinski definition) is 3. The highest BCUT2D eigenvalue weighted by Gasteiger charge is 2.14. The Bertz CT molecular complexity index is 680. The fourth-order valence-electron chi connectivity index (χ4n) is 1.79. The van der Waals surface area contributed by atoms with Gasteiger partial charge in [-0.05, 0) is 6.92 Å². The second-order valence-electron chi connectivity index (χ2n) is 4.42. The summed E-state index contributed by atoms with van der Waals surface area (Å²) in [6.45, 7) is 1.79. The van der Waals surface area contributed by atoms with Crippen LogP contribution in [0.5, 0.6) is 0 Å². The molecule has 3 N–H and O–H groups in total. The van der Waals surface area contributed by atoms with E-state index in [4.69, 9.17) is 0 Å². The highest BCUT2D eigenvalue weighted by molar-refractivity contribution is 7.90. The van der Waals surface area contributed by atoms with Gasteiger partial charge in [-0.2, -0.15) is 15.1 Å². The monoisotopic (exact) mass is 284 g/mol. The fourth-order valence-corrected chi connectivity index (χ4v) is 2.78. The first kappa shape index (κ1) is 13.5. The van der Waals surface area contributed by atoms with E-state index in [1.165, 1.54) is 6.26 Å². The van der Waals surface area contributed by atoms with Crippen LogP contribution in [0.1, 0.15) is 6.92 Å². The second-order valence-corrected chi connectivity index (χ2v) is 6.60. The summed E-state index contributed by atoms with van der Waals surface area (Å²) in [5, 5.41) is 13.3. The smallest absolute Gasteiger partial charge is 0.226 e. The summed E-state index contributed by atoms with van der Waals surface area (Å²) in [7, 11) is -1.33. The van der Waals surface area contributed by atoms with Crippen LogP contribution in [0.3, 0.4) is 0 Å². The number of nitrogens with zero attached hydrogens (tertiary/aromatic N) is 3. The molecular weight excluding hydrogens is 268 g/mol. The van der Waals surface area contributed by atoms with E-state index in [-0.39, 0.29) is 11.8 Å². The molecule has 1 atom stereocenters. The van der Waals surface area contributed by atoms with Crippen molar-refractivity contribution in [3.8, 4) is 0 Å². The maximum atomic E-state index is 11.3. The Morgan fingerprint density at radius 1 is 1.42 bits per heavy atom. The van der Waals surface area contributed by atoms with Gasteiger partial charge in [0.25, 0.3) is 0 Å². The zero-order valence-electron chi connectivity index (χ0n) is 10.9. The molecular formula is C10H16N6O2S. The molecule has 2 rings (SSSR count). The van der Waals surface area contributed by atoms with Gasteiger partial charge in [-0.1, -0.05) is 0 Å². The van der Waals surface area contributed by atoms with Gasteiger partial charge in [-0.3, -0.25) is 5.10 Å². The number of anilines is 2. The summed E-state index contributed by atoms with van der Waals surface area (Å²) < 4.78 is 22.5. The topological polar surface area (TPSA) is 113 Å². The third-order valence-corrected chi connectivity index (χ3v) is 3.57. The summed E-state index contributed by atoms with van der Waals surface area (Å²) in [4.78, 5) is 8.47. The van der Waals surface area contributed by atoms with Crippen LogP contribution < -0.4 is 10.6 Å². The average Bonchev–Trinajstić information content (AvgIpc) is 2.74. The Morgan fingerprint density at radius 3 is 2.79 bits per heavy atom. The zero-order chi connectivity index (χ0) is 14.0. The van der Waals surface area contributed by atoms with Gasteiger partial charge < -0.3 is 10.6 Å². The maximum Gasteiger partial charge on any atom is 0.226 e. The maximum absolute atomic E-state index is 11.3. The molecule has 0 spiro atoms. The molecule has 0 aliphatic carbocycles. The Morgan fingerprint density at radius 2 is 2.16 bits per heavy atom. The minimum atomic E-state index is -3.04. The molecule has 2 aromatic heterocycles. The quantitative estimate of drug-likeness (QED) is 0.720. The molecule has 1 unspecified atom stereocenters. The van der Waals surface area contributed by atoms with Crippen LogP contribution in [0, 0.1) is 0 Å². The van der Waals surface area contributed by atoms with Gasteiger partial charge in [0.15, 0.2) is 5.65 Å². The summed E-state index contributed by atoms with van der Waals surface area (Å²) in [6, 6.07) is -0.257. The number of sulfone groups is 1. The molecule has 8 nitrogen and oxygen atoms in total. The molecule has 0 aromatic carbocycles. The summed E-state index contributed by atoms with van der Waals surface area (Å²) in [5.74, 6) is 1.02. The van der Waals surface area contributed by atoms with Gasteiger partial charge in [0.05, 0.1) is 17.3 Å². The van der Waals surface area contributed by atoms with Crippen LogP contribution in [0.15, 0.2) is 6.20 Å². The predicted octanol–water partition coefficient (Wildman–Crippen LogP) is 0.240. The minimum absolute atomic E-state index is 0.0330. The van der Waals surface area contributed by atoms with E-state index in [2.05, 4.69) is 30.8 Å². The van der Waals surface area contributed by atoms with Gasteiger partial charge in [0.2, 0.25) is 5.95 Å². The number of aromatic nitrogens is 4. The van der Waals surface area contributed by atoms with Gasteiger partial charge in [-0.15, -0.1) is 0 Å². The number of hydrogen-bond acceptors (Lipinski definition) is 7. The highest BCUT2D eigenvalue weighted by atomic mass is 32.2.